The van der Waals surface area contributed by atoms with Crippen LogP contribution in [0.15, 0.2) is 40.0 Å². The van der Waals surface area contributed by atoms with Gasteiger partial charge in [-0.2, -0.15) is 5.10 Å². The number of imide groups is 1. The van der Waals surface area contributed by atoms with E-state index in [1.165, 1.54) is 23.9 Å². The summed E-state index contributed by atoms with van der Waals surface area (Å²) in [6.07, 6.45) is 2.32. The summed E-state index contributed by atoms with van der Waals surface area (Å²) in [5, 5.41) is 6.26. The van der Waals surface area contributed by atoms with Gasteiger partial charge in [0.1, 0.15) is 5.69 Å². The Morgan fingerprint density at radius 3 is 2.62 bits per heavy atom. The van der Waals surface area contributed by atoms with Crippen molar-refractivity contribution in [3.05, 3.63) is 56.8 Å². The van der Waals surface area contributed by atoms with Crippen molar-refractivity contribution in [1.29, 1.82) is 0 Å². The van der Waals surface area contributed by atoms with Crippen molar-refractivity contribution in [2.75, 3.05) is 26.8 Å². The van der Waals surface area contributed by atoms with Crippen molar-refractivity contribution >= 4 is 34.9 Å². The first-order valence-electron chi connectivity index (χ1n) is 10.8. The Morgan fingerprint density at radius 2 is 1.91 bits per heavy atom. The SMILES string of the molecule is CCCn1nc(C(=O)NCCN2C(=O)S/C(=C\c3ccc(OCC)c(OC)c3)C2=O)ccc1=O. The number of hydrogen-bond donors (Lipinski definition) is 1. The number of carbonyl (C=O) groups is 3. The molecular formula is C23H26N4O6S. The highest BCUT2D eigenvalue weighted by atomic mass is 32.2. The second kappa shape index (κ2) is 11.5. The molecule has 11 heteroatoms. The predicted octanol–water partition coefficient (Wildman–Crippen LogP) is 2.53. The second-order valence-electron chi connectivity index (χ2n) is 7.21. The van der Waals surface area contributed by atoms with E-state index in [9.17, 15) is 19.2 Å². The van der Waals surface area contributed by atoms with Crippen LogP contribution in [0.25, 0.3) is 6.08 Å². The Morgan fingerprint density at radius 1 is 1.12 bits per heavy atom. The molecule has 0 spiro atoms. The van der Waals surface area contributed by atoms with Crippen LogP contribution in [0.5, 0.6) is 11.5 Å². The summed E-state index contributed by atoms with van der Waals surface area (Å²) in [6, 6.07) is 7.87. The summed E-state index contributed by atoms with van der Waals surface area (Å²) < 4.78 is 12.0. The van der Waals surface area contributed by atoms with Gasteiger partial charge in [-0.05, 0) is 54.9 Å². The lowest BCUT2D eigenvalue weighted by Gasteiger charge is -2.13. The van der Waals surface area contributed by atoms with Crippen LogP contribution >= 0.6 is 11.8 Å². The summed E-state index contributed by atoms with van der Waals surface area (Å²) in [5.74, 6) is 0.183. The van der Waals surface area contributed by atoms with Gasteiger partial charge in [0.25, 0.3) is 22.6 Å². The van der Waals surface area contributed by atoms with E-state index in [1.807, 2.05) is 13.8 Å². The molecule has 1 aliphatic heterocycles. The Hall–Kier alpha value is -3.60. The Kier molecular flexibility index (Phi) is 8.47. The molecule has 0 bridgehead atoms. The van der Waals surface area contributed by atoms with Gasteiger partial charge in [-0.15, -0.1) is 0 Å². The van der Waals surface area contributed by atoms with Crippen molar-refractivity contribution < 1.29 is 23.9 Å². The van der Waals surface area contributed by atoms with Gasteiger partial charge in [0.15, 0.2) is 11.5 Å². The molecular weight excluding hydrogens is 460 g/mol. The largest absolute Gasteiger partial charge is 0.493 e. The molecule has 10 nitrogen and oxygen atoms in total. The Bertz CT molecular complexity index is 1180. The maximum absolute atomic E-state index is 12.7. The van der Waals surface area contributed by atoms with Crippen LogP contribution in [0, 0.1) is 0 Å². The van der Waals surface area contributed by atoms with Crippen molar-refractivity contribution in [3.8, 4) is 11.5 Å². The fourth-order valence-electron chi connectivity index (χ4n) is 3.21. The third-order valence-electron chi connectivity index (χ3n) is 4.81. The van der Waals surface area contributed by atoms with Crippen LogP contribution in [0.3, 0.4) is 0 Å². The van der Waals surface area contributed by atoms with Crippen molar-refractivity contribution in [2.45, 2.75) is 26.8 Å². The monoisotopic (exact) mass is 486 g/mol. The minimum atomic E-state index is -0.492. The summed E-state index contributed by atoms with van der Waals surface area (Å²) in [5.41, 5.74) is 0.493. The maximum Gasteiger partial charge on any atom is 0.293 e. The number of hydrogen-bond acceptors (Lipinski definition) is 8. The molecule has 1 aromatic carbocycles. The van der Waals surface area contributed by atoms with E-state index in [-0.39, 0.29) is 29.2 Å². The standard InChI is InChI=1S/C23H26N4O6S/c1-4-11-27-20(28)9-7-16(25-27)21(29)24-10-12-26-22(30)19(34-23(26)31)14-15-6-8-17(33-5-2)18(13-15)32-3/h6-9,13-14H,4-5,10-12H2,1-3H3,(H,24,29)/b19-14-. The summed E-state index contributed by atoms with van der Waals surface area (Å²) in [6.45, 7) is 4.73. The molecule has 0 saturated carbocycles. The van der Waals surface area contributed by atoms with Gasteiger partial charge in [0.05, 0.1) is 18.6 Å². The zero-order valence-electron chi connectivity index (χ0n) is 19.2. The van der Waals surface area contributed by atoms with E-state index in [0.29, 0.717) is 36.6 Å². The quantitative estimate of drug-likeness (QED) is 0.509. The molecule has 1 aromatic heterocycles. The lowest BCUT2D eigenvalue weighted by molar-refractivity contribution is -0.122. The molecule has 3 rings (SSSR count). The van der Waals surface area contributed by atoms with E-state index in [4.69, 9.17) is 9.47 Å². The van der Waals surface area contributed by atoms with Crippen LogP contribution in [-0.4, -0.2) is 58.5 Å². The predicted molar refractivity (Wildman–Crippen MR) is 128 cm³/mol. The molecule has 1 saturated heterocycles. The minimum absolute atomic E-state index is 0.00887. The highest BCUT2D eigenvalue weighted by molar-refractivity contribution is 8.18. The highest BCUT2D eigenvalue weighted by Crippen LogP contribution is 2.34. The lowest BCUT2D eigenvalue weighted by atomic mass is 10.2. The third-order valence-corrected chi connectivity index (χ3v) is 5.72. The first-order chi connectivity index (χ1) is 16.4. The number of aryl methyl sites for hydroxylation is 1. The molecule has 0 radical (unpaired) electrons. The number of thioether (sulfide) groups is 1. The molecule has 0 unspecified atom stereocenters. The van der Waals surface area contributed by atoms with Crippen LogP contribution in [-0.2, 0) is 11.3 Å². The van der Waals surface area contributed by atoms with E-state index in [2.05, 4.69) is 10.4 Å². The van der Waals surface area contributed by atoms with Gasteiger partial charge in [-0.3, -0.25) is 24.1 Å². The van der Waals surface area contributed by atoms with Gasteiger partial charge in [0.2, 0.25) is 0 Å². The van der Waals surface area contributed by atoms with Gasteiger partial charge < -0.3 is 14.8 Å². The first-order valence-corrected chi connectivity index (χ1v) is 11.6. The van der Waals surface area contributed by atoms with Crippen LogP contribution in [0.1, 0.15) is 36.3 Å². The number of carbonyl (C=O) groups excluding carboxylic acids is 3. The normalized spacial score (nSPS) is 14.6. The number of rotatable bonds is 10. The van der Waals surface area contributed by atoms with Crippen molar-refractivity contribution in [1.82, 2.24) is 20.0 Å². The number of amides is 3. The van der Waals surface area contributed by atoms with Gasteiger partial charge >= 0.3 is 0 Å². The fraction of sp³-hybridized carbons (Fsp3) is 0.348. The lowest BCUT2D eigenvalue weighted by Crippen LogP contribution is -2.38. The molecule has 2 aromatic rings. The highest BCUT2D eigenvalue weighted by Gasteiger charge is 2.34. The van der Waals surface area contributed by atoms with Gasteiger partial charge in [-0.25, -0.2) is 4.68 Å². The molecule has 1 aliphatic rings. The molecule has 1 N–H and O–H groups in total. The molecule has 2 heterocycles. The third kappa shape index (κ3) is 5.84. The van der Waals surface area contributed by atoms with E-state index in [0.717, 1.165) is 16.7 Å². The van der Waals surface area contributed by atoms with E-state index >= 15 is 0 Å². The van der Waals surface area contributed by atoms with Gasteiger partial charge in [-0.1, -0.05) is 13.0 Å². The topological polar surface area (TPSA) is 120 Å². The molecule has 0 aliphatic carbocycles. The number of ether oxygens (including phenoxy) is 2. The number of nitrogens with one attached hydrogen (secondary N) is 1. The van der Waals surface area contributed by atoms with Crippen LogP contribution in [0.2, 0.25) is 0 Å². The number of benzene rings is 1. The smallest absolute Gasteiger partial charge is 0.293 e. The first kappa shape index (κ1) is 25.0. The fourth-order valence-corrected chi connectivity index (χ4v) is 4.07. The minimum Gasteiger partial charge on any atom is -0.493 e. The van der Waals surface area contributed by atoms with E-state index < -0.39 is 17.1 Å². The number of aromatic nitrogens is 2. The van der Waals surface area contributed by atoms with E-state index in [1.54, 1.807) is 24.3 Å². The molecule has 3 amide bonds. The average molecular weight is 487 g/mol. The average Bonchev–Trinajstić information content (AvgIpc) is 3.08. The van der Waals surface area contributed by atoms with Gasteiger partial charge in [0, 0.05) is 25.7 Å². The number of methoxy groups -OCH3 is 1. The maximum atomic E-state index is 12.7. The Labute approximate surface area is 200 Å². The summed E-state index contributed by atoms with van der Waals surface area (Å²) >= 11 is 0.832. The van der Waals surface area contributed by atoms with Crippen molar-refractivity contribution in [3.63, 3.8) is 0 Å². The number of nitrogens with zero attached hydrogens (tertiary/aromatic N) is 3. The Balaban J connectivity index is 1.62. The summed E-state index contributed by atoms with van der Waals surface area (Å²) in [7, 11) is 1.53. The van der Waals surface area contributed by atoms with Crippen molar-refractivity contribution in [2.24, 2.45) is 0 Å². The zero-order chi connectivity index (χ0) is 24.7. The zero-order valence-corrected chi connectivity index (χ0v) is 20.0. The molecule has 180 valence electrons. The molecule has 0 atom stereocenters. The molecule has 34 heavy (non-hydrogen) atoms. The van der Waals surface area contributed by atoms with Crippen LogP contribution in [0.4, 0.5) is 4.79 Å². The second-order valence-corrected chi connectivity index (χ2v) is 8.21. The summed E-state index contributed by atoms with van der Waals surface area (Å²) in [4.78, 5) is 50.6. The molecule has 1 fully saturated rings. The van der Waals surface area contributed by atoms with Crippen LogP contribution < -0.4 is 20.3 Å².